The van der Waals surface area contributed by atoms with Crippen LogP contribution in [0.4, 0.5) is 5.69 Å². The summed E-state index contributed by atoms with van der Waals surface area (Å²) in [6.07, 6.45) is 1.42. The van der Waals surface area contributed by atoms with Crippen LogP contribution in [-0.2, 0) is 31.2 Å². The first-order chi connectivity index (χ1) is 29.1. The van der Waals surface area contributed by atoms with Gasteiger partial charge in [-0.2, -0.15) is 0 Å². The van der Waals surface area contributed by atoms with Crippen LogP contribution in [0.2, 0.25) is 0 Å². The van der Waals surface area contributed by atoms with Crippen molar-refractivity contribution in [1.82, 2.24) is 4.90 Å². The van der Waals surface area contributed by atoms with Crippen molar-refractivity contribution in [2.75, 3.05) is 18.5 Å². The summed E-state index contributed by atoms with van der Waals surface area (Å²) < 4.78 is 18.5. The molecule has 7 aromatic carbocycles. The van der Waals surface area contributed by atoms with E-state index in [9.17, 15) is 9.90 Å². The summed E-state index contributed by atoms with van der Waals surface area (Å²) in [6.45, 7) is 2.50. The summed E-state index contributed by atoms with van der Waals surface area (Å²) >= 11 is 0. The lowest BCUT2D eigenvalue weighted by atomic mass is 9.88. The summed E-state index contributed by atoms with van der Waals surface area (Å²) in [5, 5.41) is 13.9. The Bertz CT molecular complexity index is 2200. The van der Waals surface area contributed by atoms with Crippen molar-refractivity contribution < 1.29 is 24.1 Å². The van der Waals surface area contributed by atoms with E-state index in [1.165, 1.54) is 0 Å². The Labute approximate surface area is 347 Å². The highest BCUT2D eigenvalue weighted by Gasteiger charge is 2.24. The second-order valence-corrected chi connectivity index (χ2v) is 14.5. The lowest BCUT2D eigenvalue weighted by molar-refractivity contribution is -0.105. The highest BCUT2D eigenvalue weighted by atomic mass is 16.5. The molecule has 0 aliphatic carbocycles. The van der Waals surface area contributed by atoms with Gasteiger partial charge in [-0.05, 0) is 81.8 Å². The van der Waals surface area contributed by atoms with E-state index in [0.29, 0.717) is 50.8 Å². The standard InChI is InChI=1S/C52H50N2O5/c55-35-51(46-25-30-52(50(33-46)53-39-56)59-38-43-19-11-4-12-20-43)54(34-40-13-5-1-6-14-40)32-31-49(44-21-26-47(27-22-44)57-36-41-15-7-2-8-16-41)45-23-28-48(29-24-45)58-37-42-17-9-3-10-18-42/h1-30,33,39,49,51,55H,31-32,34-38H2,(H,53,56)/t51-/m0/s1. The molecule has 0 aliphatic heterocycles. The zero-order valence-electron chi connectivity index (χ0n) is 33.1. The van der Waals surface area contributed by atoms with Crippen molar-refractivity contribution in [3.8, 4) is 17.2 Å². The van der Waals surface area contributed by atoms with Gasteiger partial charge in [0.1, 0.15) is 37.1 Å². The lowest BCUT2D eigenvalue weighted by Gasteiger charge is -2.33. The molecule has 1 atom stereocenters. The van der Waals surface area contributed by atoms with Crippen LogP contribution in [0.3, 0.4) is 0 Å². The van der Waals surface area contributed by atoms with Crippen molar-refractivity contribution in [1.29, 1.82) is 0 Å². The van der Waals surface area contributed by atoms with Crippen LogP contribution in [0.5, 0.6) is 17.2 Å². The largest absolute Gasteiger partial charge is 0.489 e. The third-order valence-corrected chi connectivity index (χ3v) is 10.4. The fraction of sp³-hybridized carbons (Fsp3) is 0.173. The first-order valence-electron chi connectivity index (χ1n) is 20.1. The number of aliphatic hydroxyl groups is 1. The molecule has 0 aliphatic rings. The van der Waals surface area contributed by atoms with Crippen LogP contribution >= 0.6 is 0 Å². The fourth-order valence-corrected chi connectivity index (χ4v) is 7.28. The molecule has 0 radical (unpaired) electrons. The normalized spacial score (nSPS) is 11.6. The SMILES string of the molecule is O=CNc1cc([C@H](CO)N(CCC(c2ccc(OCc3ccccc3)cc2)c2ccc(OCc3ccccc3)cc2)Cc2ccccc2)ccc1OCc1ccccc1. The quantitative estimate of drug-likeness (QED) is 0.0707. The molecule has 7 rings (SSSR count). The van der Waals surface area contributed by atoms with E-state index in [2.05, 4.69) is 70.9 Å². The molecule has 0 bridgehead atoms. The Morgan fingerprint density at radius 1 is 0.525 bits per heavy atom. The first kappa shape index (κ1) is 40.5. The van der Waals surface area contributed by atoms with Gasteiger partial charge in [0.05, 0.1) is 18.3 Å². The van der Waals surface area contributed by atoms with Gasteiger partial charge in [-0.3, -0.25) is 9.69 Å². The van der Waals surface area contributed by atoms with Crippen LogP contribution in [0.25, 0.3) is 0 Å². The molecule has 1 amide bonds. The predicted molar refractivity (Wildman–Crippen MR) is 234 cm³/mol. The van der Waals surface area contributed by atoms with Crippen molar-refractivity contribution in [3.63, 3.8) is 0 Å². The van der Waals surface area contributed by atoms with Gasteiger partial charge in [0, 0.05) is 19.0 Å². The third-order valence-electron chi connectivity index (χ3n) is 10.4. The number of anilines is 1. The summed E-state index contributed by atoms with van der Waals surface area (Å²) in [4.78, 5) is 14.1. The van der Waals surface area contributed by atoms with Crippen molar-refractivity contribution in [2.24, 2.45) is 0 Å². The van der Waals surface area contributed by atoms with Crippen LogP contribution in [-0.4, -0.2) is 29.6 Å². The number of nitrogens with one attached hydrogen (secondary N) is 1. The number of hydrogen-bond acceptors (Lipinski definition) is 6. The molecule has 0 fully saturated rings. The number of aliphatic hydroxyl groups excluding tert-OH is 1. The van der Waals surface area contributed by atoms with E-state index >= 15 is 0 Å². The molecule has 0 spiro atoms. The molecule has 59 heavy (non-hydrogen) atoms. The van der Waals surface area contributed by atoms with Crippen molar-refractivity contribution in [3.05, 3.63) is 227 Å². The molecule has 2 N–H and O–H groups in total. The van der Waals surface area contributed by atoms with E-state index < -0.39 is 0 Å². The Morgan fingerprint density at radius 2 is 0.966 bits per heavy atom. The van der Waals surface area contributed by atoms with Gasteiger partial charge in [0.15, 0.2) is 0 Å². The molecule has 7 heteroatoms. The van der Waals surface area contributed by atoms with Crippen LogP contribution in [0, 0.1) is 0 Å². The maximum absolute atomic E-state index is 11.8. The Hall–Kier alpha value is -6.67. The average Bonchev–Trinajstić information content (AvgIpc) is 3.30. The molecular weight excluding hydrogens is 733 g/mol. The Morgan fingerprint density at radius 3 is 1.42 bits per heavy atom. The van der Waals surface area contributed by atoms with E-state index in [4.69, 9.17) is 14.2 Å². The second-order valence-electron chi connectivity index (χ2n) is 14.5. The van der Waals surface area contributed by atoms with Crippen LogP contribution in [0.1, 0.15) is 57.3 Å². The lowest BCUT2D eigenvalue weighted by Crippen LogP contribution is -2.32. The third kappa shape index (κ3) is 11.7. The van der Waals surface area contributed by atoms with Gasteiger partial charge in [-0.25, -0.2) is 0 Å². The first-order valence-corrected chi connectivity index (χ1v) is 20.1. The molecule has 0 saturated carbocycles. The number of nitrogens with zero attached hydrogens (tertiary/aromatic N) is 1. The van der Waals surface area contributed by atoms with Gasteiger partial charge in [0.25, 0.3) is 0 Å². The molecule has 7 aromatic rings. The Kier molecular flexibility index (Phi) is 14.6. The van der Waals surface area contributed by atoms with Crippen LogP contribution in [0.15, 0.2) is 188 Å². The zero-order chi connectivity index (χ0) is 40.5. The maximum Gasteiger partial charge on any atom is 0.211 e. The van der Waals surface area contributed by atoms with E-state index in [0.717, 1.165) is 56.9 Å². The number of benzene rings is 7. The minimum Gasteiger partial charge on any atom is -0.489 e. The molecule has 0 aromatic heterocycles. The molecule has 0 heterocycles. The number of amides is 1. The topological polar surface area (TPSA) is 80.3 Å². The summed E-state index contributed by atoms with van der Waals surface area (Å²) in [6, 6.07) is 62.8. The number of rotatable bonds is 21. The van der Waals surface area contributed by atoms with Gasteiger partial charge in [-0.1, -0.05) is 152 Å². The minimum absolute atomic E-state index is 0.0278. The smallest absolute Gasteiger partial charge is 0.211 e. The van der Waals surface area contributed by atoms with E-state index in [1.54, 1.807) is 0 Å². The summed E-state index contributed by atoms with van der Waals surface area (Å²) in [5.74, 6) is 2.20. The van der Waals surface area contributed by atoms with Gasteiger partial charge in [-0.15, -0.1) is 0 Å². The predicted octanol–water partition coefficient (Wildman–Crippen LogP) is 10.7. The highest BCUT2D eigenvalue weighted by molar-refractivity contribution is 5.76. The molecular formula is C52H50N2O5. The molecule has 0 saturated heterocycles. The van der Waals surface area contributed by atoms with E-state index in [-0.39, 0.29) is 18.6 Å². The molecule has 7 nitrogen and oxygen atoms in total. The summed E-state index contributed by atoms with van der Waals surface area (Å²) in [5.41, 5.74) is 8.13. The minimum atomic E-state index is -0.367. The molecule has 0 unspecified atom stereocenters. The summed E-state index contributed by atoms with van der Waals surface area (Å²) in [7, 11) is 0. The van der Waals surface area contributed by atoms with E-state index in [1.807, 2.05) is 127 Å². The van der Waals surface area contributed by atoms with Gasteiger partial charge in [0.2, 0.25) is 6.41 Å². The average molecular weight is 783 g/mol. The number of ether oxygens (including phenoxy) is 3. The Balaban J connectivity index is 1.15. The number of carbonyl (C=O) groups is 1. The highest BCUT2D eigenvalue weighted by Crippen LogP contribution is 2.35. The molecule has 298 valence electrons. The van der Waals surface area contributed by atoms with Crippen molar-refractivity contribution >= 4 is 12.1 Å². The maximum atomic E-state index is 11.8. The van der Waals surface area contributed by atoms with Crippen molar-refractivity contribution in [2.45, 2.75) is 44.7 Å². The number of carbonyl (C=O) groups excluding carboxylic acids is 1. The van der Waals surface area contributed by atoms with Gasteiger partial charge >= 0.3 is 0 Å². The van der Waals surface area contributed by atoms with Crippen LogP contribution < -0.4 is 19.5 Å². The van der Waals surface area contributed by atoms with Gasteiger partial charge < -0.3 is 24.6 Å². The second kappa shape index (κ2) is 21.2. The monoisotopic (exact) mass is 782 g/mol. The number of hydrogen-bond donors (Lipinski definition) is 2. The fourth-order valence-electron chi connectivity index (χ4n) is 7.28. The zero-order valence-corrected chi connectivity index (χ0v) is 33.1.